The van der Waals surface area contributed by atoms with E-state index in [4.69, 9.17) is 17.3 Å². The van der Waals surface area contributed by atoms with Gasteiger partial charge >= 0.3 is 0 Å². The van der Waals surface area contributed by atoms with Gasteiger partial charge in [-0.3, -0.25) is 4.90 Å². The maximum Gasteiger partial charge on any atom is 0.0409 e. The maximum atomic E-state index is 5.96. The van der Waals surface area contributed by atoms with E-state index in [1.54, 1.807) is 0 Å². The van der Waals surface area contributed by atoms with E-state index in [1.807, 2.05) is 18.2 Å². The maximum absolute atomic E-state index is 5.96. The van der Waals surface area contributed by atoms with E-state index < -0.39 is 0 Å². The Kier molecular flexibility index (Phi) is 5.81. The number of likely N-dealkylation sites (N-methyl/N-ethyl adjacent to an activating group) is 1. The topological polar surface area (TPSA) is 29.3 Å². The van der Waals surface area contributed by atoms with E-state index in [-0.39, 0.29) is 0 Å². The lowest BCUT2D eigenvalue weighted by Gasteiger charge is -2.26. The van der Waals surface area contributed by atoms with Gasteiger partial charge in [0.05, 0.1) is 0 Å². The van der Waals surface area contributed by atoms with Crippen molar-refractivity contribution in [3.8, 4) is 0 Å². The second-order valence-electron chi connectivity index (χ2n) is 4.22. The number of nitrogens with zero attached hydrogens (tertiary/aromatic N) is 1. The van der Waals surface area contributed by atoms with Crippen LogP contribution in [-0.2, 0) is 6.54 Å². The van der Waals surface area contributed by atoms with Crippen molar-refractivity contribution < 1.29 is 0 Å². The van der Waals surface area contributed by atoms with Crippen molar-refractivity contribution in [1.82, 2.24) is 4.90 Å². The van der Waals surface area contributed by atoms with Crippen molar-refractivity contribution in [2.24, 2.45) is 5.73 Å². The van der Waals surface area contributed by atoms with Crippen LogP contribution >= 0.6 is 11.6 Å². The summed E-state index contributed by atoms with van der Waals surface area (Å²) in [6.45, 7) is 3.81. The quantitative estimate of drug-likeness (QED) is 0.829. The predicted molar refractivity (Wildman–Crippen MR) is 70.7 cm³/mol. The zero-order chi connectivity index (χ0) is 12.0. The number of benzene rings is 1. The van der Waals surface area contributed by atoms with Gasteiger partial charge in [-0.2, -0.15) is 0 Å². The molecule has 0 heterocycles. The van der Waals surface area contributed by atoms with Gasteiger partial charge in [-0.15, -0.1) is 0 Å². The first-order valence-corrected chi connectivity index (χ1v) is 6.20. The van der Waals surface area contributed by atoms with Crippen LogP contribution in [0.15, 0.2) is 24.3 Å². The van der Waals surface area contributed by atoms with Crippen molar-refractivity contribution in [2.75, 3.05) is 13.6 Å². The minimum atomic E-state index is 0.462. The largest absolute Gasteiger partial charge is 0.329 e. The van der Waals surface area contributed by atoms with Gasteiger partial charge < -0.3 is 5.73 Å². The van der Waals surface area contributed by atoms with Crippen molar-refractivity contribution in [2.45, 2.75) is 32.4 Å². The Morgan fingerprint density at radius 3 is 2.75 bits per heavy atom. The van der Waals surface area contributed by atoms with Gasteiger partial charge in [-0.05, 0) is 31.2 Å². The summed E-state index contributed by atoms with van der Waals surface area (Å²) in [5.74, 6) is 0. The van der Waals surface area contributed by atoms with Crippen molar-refractivity contribution >= 4 is 11.6 Å². The van der Waals surface area contributed by atoms with Crippen LogP contribution in [0.3, 0.4) is 0 Å². The first-order chi connectivity index (χ1) is 7.67. The third-order valence-electron chi connectivity index (χ3n) is 2.84. The molecular formula is C13H21ClN2. The predicted octanol–water partition coefficient (Wildman–Crippen LogP) is 2.90. The fourth-order valence-electron chi connectivity index (χ4n) is 1.90. The van der Waals surface area contributed by atoms with Crippen LogP contribution in [0.5, 0.6) is 0 Å². The molecule has 2 N–H and O–H groups in total. The lowest BCUT2D eigenvalue weighted by atomic mass is 10.1. The Bertz CT molecular complexity index is 315. The molecule has 0 amide bonds. The van der Waals surface area contributed by atoms with Gasteiger partial charge in [0.2, 0.25) is 0 Å². The van der Waals surface area contributed by atoms with Gasteiger partial charge in [-0.25, -0.2) is 0 Å². The summed E-state index contributed by atoms with van der Waals surface area (Å²) >= 11 is 5.96. The highest BCUT2D eigenvalue weighted by atomic mass is 35.5. The molecule has 0 saturated heterocycles. The Morgan fingerprint density at radius 2 is 2.19 bits per heavy atom. The first-order valence-electron chi connectivity index (χ1n) is 5.82. The molecule has 2 nitrogen and oxygen atoms in total. The minimum Gasteiger partial charge on any atom is -0.329 e. The zero-order valence-electron chi connectivity index (χ0n) is 10.1. The molecule has 0 aromatic heterocycles. The first kappa shape index (κ1) is 13.5. The van der Waals surface area contributed by atoms with Crippen LogP contribution in [0.25, 0.3) is 0 Å². The molecule has 3 heteroatoms. The lowest BCUT2D eigenvalue weighted by Crippen LogP contribution is -2.37. The molecule has 1 atom stereocenters. The van der Waals surface area contributed by atoms with Crippen molar-refractivity contribution in [1.29, 1.82) is 0 Å². The molecule has 1 aromatic carbocycles. The Hall–Kier alpha value is -0.570. The Labute approximate surface area is 103 Å². The summed E-state index contributed by atoms with van der Waals surface area (Å²) in [5, 5.41) is 0.797. The van der Waals surface area contributed by atoms with Crippen molar-refractivity contribution in [3.63, 3.8) is 0 Å². The number of nitrogens with two attached hydrogens (primary N) is 1. The van der Waals surface area contributed by atoms with Crippen molar-refractivity contribution in [3.05, 3.63) is 34.9 Å². The third kappa shape index (κ3) is 4.12. The fourth-order valence-corrected chi connectivity index (χ4v) is 2.12. The van der Waals surface area contributed by atoms with E-state index in [1.165, 1.54) is 12.0 Å². The highest BCUT2D eigenvalue weighted by Crippen LogP contribution is 2.14. The molecule has 1 rings (SSSR count). The normalized spacial score (nSPS) is 13.1. The molecule has 0 saturated carbocycles. The third-order valence-corrected chi connectivity index (χ3v) is 3.07. The Morgan fingerprint density at radius 1 is 1.44 bits per heavy atom. The lowest BCUT2D eigenvalue weighted by molar-refractivity contribution is 0.226. The molecule has 0 fully saturated rings. The van der Waals surface area contributed by atoms with E-state index in [0.717, 1.165) is 18.0 Å². The van der Waals surface area contributed by atoms with Crippen LogP contribution in [-0.4, -0.2) is 24.5 Å². The van der Waals surface area contributed by atoms with Crippen LogP contribution in [0.2, 0.25) is 5.02 Å². The average Bonchev–Trinajstić information content (AvgIpc) is 2.25. The summed E-state index contributed by atoms with van der Waals surface area (Å²) in [6.07, 6.45) is 2.31. The molecule has 0 aliphatic carbocycles. The molecule has 1 unspecified atom stereocenters. The smallest absolute Gasteiger partial charge is 0.0409 e. The molecule has 16 heavy (non-hydrogen) atoms. The zero-order valence-corrected chi connectivity index (χ0v) is 10.9. The highest BCUT2D eigenvalue weighted by Gasteiger charge is 2.12. The van der Waals surface area contributed by atoms with Gasteiger partial charge in [0.25, 0.3) is 0 Å². The van der Waals surface area contributed by atoms with E-state index in [9.17, 15) is 0 Å². The minimum absolute atomic E-state index is 0.462. The molecule has 90 valence electrons. The summed E-state index contributed by atoms with van der Waals surface area (Å²) in [6, 6.07) is 8.46. The second-order valence-corrected chi connectivity index (χ2v) is 4.66. The second kappa shape index (κ2) is 6.89. The molecule has 0 bridgehead atoms. The van der Waals surface area contributed by atoms with E-state index >= 15 is 0 Å². The Balaban J connectivity index is 2.58. The number of hydrogen-bond donors (Lipinski definition) is 1. The summed E-state index contributed by atoms with van der Waals surface area (Å²) in [4.78, 5) is 2.30. The van der Waals surface area contributed by atoms with Crippen LogP contribution in [0.4, 0.5) is 0 Å². The highest BCUT2D eigenvalue weighted by molar-refractivity contribution is 6.30. The standard InChI is InChI=1S/C13H21ClN2/c1-3-5-13(9-15)16(2)10-11-6-4-7-12(14)8-11/h4,6-8,13H,3,5,9-10,15H2,1-2H3. The fraction of sp³-hybridized carbons (Fsp3) is 0.538. The van der Waals surface area contributed by atoms with Crippen LogP contribution < -0.4 is 5.73 Å². The number of hydrogen-bond acceptors (Lipinski definition) is 2. The number of rotatable bonds is 6. The van der Waals surface area contributed by atoms with Crippen LogP contribution in [0.1, 0.15) is 25.3 Å². The molecule has 0 aliphatic rings. The molecule has 0 radical (unpaired) electrons. The molecule has 0 spiro atoms. The number of halogens is 1. The van der Waals surface area contributed by atoms with Gasteiger partial charge in [0.15, 0.2) is 0 Å². The summed E-state index contributed by atoms with van der Waals surface area (Å²) in [5.41, 5.74) is 7.02. The average molecular weight is 241 g/mol. The van der Waals surface area contributed by atoms with Gasteiger partial charge in [0, 0.05) is 24.2 Å². The van der Waals surface area contributed by atoms with Gasteiger partial charge in [0.1, 0.15) is 0 Å². The molecular weight excluding hydrogens is 220 g/mol. The van der Waals surface area contributed by atoms with Gasteiger partial charge in [-0.1, -0.05) is 37.1 Å². The summed E-state index contributed by atoms with van der Waals surface area (Å²) in [7, 11) is 2.12. The monoisotopic (exact) mass is 240 g/mol. The van der Waals surface area contributed by atoms with Crippen LogP contribution in [0, 0.1) is 0 Å². The summed E-state index contributed by atoms with van der Waals surface area (Å²) < 4.78 is 0. The van der Waals surface area contributed by atoms with E-state index in [2.05, 4.69) is 24.9 Å². The van der Waals surface area contributed by atoms with E-state index in [0.29, 0.717) is 12.6 Å². The SMILES string of the molecule is CCCC(CN)N(C)Cc1cccc(Cl)c1. The molecule has 0 aliphatic heterocycles. The molecule has 1 aromatic rings.